The average Bonchev–Trinajstić information content (AvgIpc) is 2.98. The molecule has 0 bridgehead atoms. The summed E-state index contributed by atoms with van der Waals surface area (Å²) >= 11 is 12.1. The normalized spacial score (nSPS) is 11.0. The highest BCUT2D eigenvalue weighted by Gasteiger charge is 2.15. The molecule has 0 fully saturated rings. The molecule has 0 radical (unpaired) electrons. The molecule has 1 heterocycles. The summed E-state index contributed by atoms with van der Waals surface area (Å²) in [5.41, 5.74) is 5.83. The van der Waals surface area contributed by atoms with Crippen LogP contribution < -0.4 is 11.1 Å². The Morgan fingerprint density at radius 1 is 1.39 bits per heavy atom. The van der Waals surface area contributed by atoms with Crippen LogP contribution in [0, 0.1) is 0 Å². The van der Waals surface area contributed by atoms with Gasteiger partial charge in [0.25, 0.3) is 0 Å². The van der Waals surface area contributed by atoms with Crippen LogP contribution in [0.25, 0.3) is 0 Å². The Morgan fingerprint density at radius 3 is 2.65 bits per heavy atom. The molecule has 3 N–H and O–H groups in total. The lowest BCUT2D eigenvalue weighted by Gasteiger charge is -2.18. The fourth-order valence-corrected chi connectivity index (χ4v) is 2.41. The summed E-state index contributed by atoms with van der Waals surface area (Å²) in [6.45, 7) is 3.27. The van der Waals surface area contributed by atoms with Crippen LogP contribution in [0.1, 0.15) is 18.6 Å². The van der Waals surface area contributed by atoms with Crippen molar-refractivity contribution >= 4 is 34.8 Å². The van der Waals surface area contributed by atoms with Gasteiger partial charge in [0.05, 0.1) is 35.4 Å². The number of halogens is 2. The van der Waals surface area contributed by atoms with Crippen molar-refractivity contribution in [2.45, 2.75) is 20.0 Å². The third kappa shape index (κ3) is 4.90. The van der Waals surface area contributed by atoms with Crippen LogP contribution in [0.5, 0.6) is 0 Å². The first kappa shape index (κ1) is 17.7. The summed E-state index contributed by atoms with van der Waals surface area (Å²) in [7, 11) is 0. The van der Waals surface area contributed by atoms with Crippen molar-refractivity contribution in [1.82, 2.24) is 15.0 Å². The lowest BCUT2D eigenvalue weighted by atomic mass is 10.3. The second kappa shape index (κ2) is 8.26. The van der Waals surface area contributed by atoms with E-state index in [0.717, 1.165) is 0 Å². The maximum Gasteiger partial charge on any atom is 0.240 e. The second-order valence-corrected chi connectivity index (χ2v) is 5.57. The Labute approximate surface area is 143 Å². The highest BCUT2D eigenvalue weighted by molar-refractivity contribution is 6.39. The number of nitrogens with one attached hydrogen (secondary N) is 1. The zero-order chi connectivity index (χ0) is 16.8. The number of likely N-dealkylation sites (N-methyl/N-ethyl adjacent to an activating group) is 1. The summed E-state index contributed by atoms with van der Waals surface area (Å²) in [4.78, 5) is 18.2. The van der Waals surface area contributed by atoms with E-state index in [2.05, 4.69) is 15.5 Å². The molecule has 1 aromatic heterocycles. The highest BCUT2D eigenvalue weighted by atomic mass is 35.5. The summed E-state index contributed by atoms with van der Waals surface area (Å²) in [5.74, 6) is 0.614. The topological polar surface area (TPSA) is 97.3 Å². The van der Waals surface area contributed by atoms with Gasteiger partial charge in [-0.1, -0.05) is 41.3 Å². The third-order valence-electron chi connectivity index (χ3n) is 3.09. The van der Waals surface area contributed by atoms with Crippen LogP contribution in [0.4, 0.5) is 5.69 Å². The monoisotopic (exact) mass is 357 g/mol. The van der Waals surface area contributed by atoms with Gasteiger partial charge < -0.3 is 15.6 Å². The van der Waals surface area contributed by atoms with Gasteiger partial charge in [-0.25, -0.2) is 0 Å². The number of rotatable bonds is 7. The van der Waals surface area contributed by atoms with E-state index >= 15 is 0 Å². The molecule has 0 saturated heterocycles. The second-order valence-electron chi connectivity index (χ2n) is 4.76. The number of hydrogen-bond donors (Lipinski definition) is 2. The van der Waals surface area contributed by atoms with Gasteiger partial charge in [0.1, 0.15) is 0 Å². The van der Waals surface area contributed by atoms with E-state index in [1.807, 2.05) is 11.8 Å². The van der Waals surface area contributed by atoms with Gasteiger partial charge in [0, 0.05) is 0 Å². The fourth-order valence-electron chi connectivity index (χ4n) is 1.92. The number of carbonyl (C=O) groups excluding carboxylic acids is 1. The Morgan fingerprint density at radius 2 is 2.09 bits per heavy atom. The minimum Gasteiger partial charge on any atom is -0.338 e. The van der Waals surface area contributed by atoms with Crippen LogP contribution in [0.2, 0.25) is 10.0 Å². The SMILES string of the molecule is CCN(CC(=O)Nc1c(Cl)cccc1Cl)Cc1noc(CN)n1. The lowest BCUT2D eigenvalue weighted by molar-refractivity contribution is -0.117. The smallest absolute Gasteiger partial charge is 0.240 e. The molecule has 0 spiro atoms. The Kier molecular flexibility index (Phi) is 6.35. The predicted octanol–water partition coefficient (Wildman–Crippen LogP) is 2.30. The number of nitrogens with zero attached hydrogens (tertiary/aromatic N) is 3. The van der Waals surface area contributed by atoms with Gasteiger partial charge in [0.2, 0.25) is 11.8 Å². The molecule has 2 aromatic rings. The number of anilines is 1. The molecule has 0 unspecified atom stereocenters. The van der Waals surface area contributed by atoms with Crippen molar-refractivity contribution in [3.8, 4) is 0 Å². The van der Waals surface area contributed by atoms with Crippen LogP contribution >= 0.6 is 23.2 Å². The molecule has 1 amide bonds. The van der Waals surface area contributed by atoms with E-state index in [0.29, 0.717) is 40.5 Å². The van der Waals surface area contributed by atoms with Gasteiger partial charge in [-0.3, -0.25) is 9.69 Å². The quantitative estimate of drug-likeness (QED) is 0.788. The summed E-state index contributed by atoms with van der Waals surface area (Å²) < 4.78 is 4.94. The maximum atomic E-state index is 12.2. The number of carbonyl (C=O) groups is 1. The zero-order valence-electron chi connectivity index (χ0n) is 12.6. The number of para-hydroxylation sites is 1. The van der Waals surface area contributed by atoms with Gasteiger partial charge >= 0.3 is 0 Å². The molecule has 0 atom stereocenters. The largest absolute Gasteiger partial charge is 0.338 e. The molecule has 2 rings (SSSR count). The van der Waals surface area contributed by atoms with Crippen molar-refractivity contribution in [3.05, 3.63) is 40.0 Å². The number of amides is 1. The first-order valence-electron chi connectivity index (χ1n) is 7.01. The van der Waals surface area contributed by atoms with E-state index < -0.39 is 0 Å². The molecular formula is C14H17Cl2N5O2. The zero-order valence-corrected chi connectivity index (χ0v) is 14.1. The molecule has 7 nitrogen and oxygen atoms in total. The fraction of sp³-hybridized carbons (Fsp3) is 0.357. The first-order valence-corrected chi connectivity index (χ1v) is 7.76. The predicted molar refractivity (Wildman–Crippen MR) is 88.2 cm³/mol. The minimum atomic E-state index is -0.232. The van der Waals surface area contributed by atoms with Crippen molar-refractivity contribution in [2.75, 3.05) is 18.4 Å². The number of nitrogens with two attached hydrogens (primary N) is 1. The highest BCUT2D eigenvalue weighted by Crippen LogP contribution is 2.29. The molecule has 9 heteroatoms. The van der Waals surface area contributed by atoms with Crippen LogP contribution in [0.15, 0.2) is 22.7 Å². The Balaban J connectivity index is 1.96. The molecule has 124 valence electrons. The Hall–Kier alpha value is -1.67. The van der Waals surface area contributed by atoms with Gasteiger partial charge in [-0.05, 0) is 18.7 Å². The van der Waals surface area contributed by atoms with E-state index in [-0.39, 0.29) is 19.0 Å². The summed E-state index contributed by atoms with van der Waals surface area (Å²) in [6, 6.07) is 5.03. The van der Waals surface area contributed by atoms with Crippen LogP contribution in [-0.4, -0.2) is 34.0 Å². The van der Waals surface area contributed by atoms with E-state index in [1.54, 1.807) is 18.2 Å². The number of benzene rings is 1. The minimum absolute atomic E-state index is 0.143. The maximum absolute atomic E-state index is 12.2. The third-order valence-corrected chi connectivity index (χ3v) is 3.72. The summed E-state index contributed by atoms with van der Waals surface area (Å²) in [5, 5.41) is 7.31. The van der Waals surface area contributed by atoms with E-state index in [4.69, 9.17) is 33.5 Å². The van der Waals surface area contributed by atoms with E-state index in [1.165, 1.54) is 0 Å². The van der Waals surface area contributed by atoms with Crippen molar-refractivity contribution < 1.29 is 9.32 Å². The molecule has 0 saturated carbocycles. The van der Waals surface area contributed by atoms with Crippen LogP contribution in [-0.2, 0) is 17.9 Å². The van der Waals surface area contributed by atoms with Crippen LogP contribution in [0.3, 0.4) is 0 Å². The molecule has 0 aliphatic rings. The summed E-state index contributed by atoms with van der Waals surface area (Å²) in [6.07, 6.45) is 0. The lowest BCUT2D eigenvalue weighted by Crippen LogP contribution is -2.33. The molecule has 23 heavy (non-hydrogen) atoms. The van der Waals surface area contributed by atoms with E-state index in [9.17, 15) is 4.79 Å². The molecule has 0 aliphatic heterocycles. The van der Waals surface area contributed by atoms with Crippen molar-refractivity contribution in [2.24, 2.45) is 5.73 Å². The van der Waals surface area contributed by atoms with Crippen molar-refractivity contribution in [1.29, 1.82) is 0 Å². The van der Waals surface area contributed by atoms with Crippen molar-refractivity contribution in [3.63, 3.8) is 0 Å². The van der Waals surface area contributed by atoms with Gasteiger partial charge in [0.15, 0.2) is 5.82 Å². The standard InChI is InChI=1S/C14H17Cl2N5O2/c1-2-21(7-11-18-13(6-17)23-20-11)8-12(22)19-14-9(15)4-3-5-10(14)16/h3-5H,2,6-8,17H2,1H3,(H,19,22). The number of hydrogen-bond acceptors (Lipinski definition) is 6. The number of aromatic nitrogens is 2. The Bertz CT molecular complexity index is 657. The molecular weight excluding hydrogens is 341 g/mol. The van der Waals surface area contributed by atoms with Gasteiger partial charge in [-0.2, -0.15) is 4.98 Å². The average molecular weight is 358 g/mol. The molecule has 1 aromatic carbocycles. The molecule has 0 aliphatic carbocycles. The first-order chi connectivity index (χ1) is 11.0. The van der Waals surface area contributed by atoms with Gasteiger partial charge in [-0.15, -0.1) is 0 Å².